The lowest BCUT2D eigenvalue weighted by Crippen LogP contribution is -2.08. The average molecular weight is 389 g/mol. The van der Waals surface area contributed by atoms with Crippen LogP contribution < -0.4 is 4.90 Å². The van der Waals surface area contributed by atoms with Crippen molar-refractivity contribution >= 4 is 22.0 Å². The molecule has 3 aromatic heterocycles. The number of pyridine rings is 1. The van der Waals surface area contributed by atoms with E-state index < -0.39 is 11.7 Å². The fraction of sp³-hybridized carbons (Fsp3) is 0.167. The fourth-order valence-corrected chi connectivity index (χ4v) is 3.53. The van der Waals surface area contributed by atoms with E-state index in [0.29, 0.717) is 16.2 Å². The van der Waals surface area contributed by atoms with Crippen molar-refractivity contribution in [2.45, 2.75) is 6.18 Å². The zero-order valence-electron chi connectivity index (χ0n) is 14.4. The minimum Gasteiger partial charge on any atom is -0.378 e. The van der Waals surface area contributed by atoms with Crippen molar-refractivity contribution in [2.24, 2.45) is 0 Å². The summed E-state index contributed by atoms with van der Waals surface area (Å²) in [6.07, 6.45) is -0.756. The van der Waals surface area contributed by atoms with Gasteiger partial charge in [-0.1, -0.05) is 23.5 Å². The quantitative estimate of drug-likeness (QED) is 0.514. The summed E-state index contributed by atoms with van der Waals surface area (Å²) in [5.74, 6) is 0. The van der Waals surface area contributed by atoms with Gasteiger partial charge in [0.05, 0.1) is 17.5 Å². The van der Waals surface area contributed by atoms with Crippen molar-refractivity contribution in [1.29, 1.82) is 0 Å². The maximum atomic E-state index is 13.0. The number of rotatable bonds is 3. The van der Waals surface area contributed by atoms with E-state index in [9.17, 15) is 13.2 Å². The number of halogens is 3. The molecule has 0 bridgehead atoms. The molecule has 4 rings (SSSR count). The molecule has 9 heteroatoms. The zero-order valence-corrected chi connectivity index (χ0v) is 15.2. The molecular weight excluding hydrogens is 375 g/mol. The van der Waals surface area contributed by atoms with Gasteiger partial charge in [0.25, 0.3) is 0 Å². The summed E-state index contributed by atoms with van der Waals surface area (Å²) < 4.78 is 40.5. The Kier molecular flexibility index (Phi) is 4.11. The van der Waals surface area contributed by atoms with Crippen LogP contribution in [0, 0.1) is 0 Å². The summed E-state index contributed by atoms with van der Waals surface area (Å²) >= 11 is 1.38. The van der Waals surface area contributed by atoms with Crippen molar-refractivity contribution < 1.29 is 13.2 Å². The van der Waals surface area contributed by atoms with Crippen LogP contribution in [0.5, 0.6) is 0 Å². The van der Waals surface area contributed by atoms with Gasteiger partial charge in [0.2, 0.25) is 4.96 Å². The Morgan fingerprint density at radius 3 is 2.59 bits per heavy atom. The van der Waals surface area contributed by atoms with Crippen LogP contribution in [0.2, 0.25) is 0 Å². The van der Waals surface area contributed by atoms with Gasteiger partial charge >= 0.3 is 6.18 Å². The molecule has 0 amide bonds. The Hall–Kier alpha value is -2.94. The molecule has 0 radical (unpaired) electrons. The van der Waals surface area contributed by atoms with Crippen molar-refractivity contribution in [1.82, 2.24) is 19.6 Å². The first kappa shape index (κ1) is 17.5. The molecule has 5 nitrogen and oxygen atoms in total. The Labute approximate surface area is 156 Å². The molecule has 0 saturated heterocycles. The lowest BCUT2D eigenvalue weighted by Gasteiger charge is -2.12. The van der Waals surface area contributed by atoms with Crippen molar-refractivity contribution in [3.05, 3.63) is 54.5 Å². The minimum atomic E-state index is -4.45. The highest BCUT2D eigenvalue weighted by Gasteiger charge is 2.31. The molecule has 27 heavy (non-hydrogen) atoms. The topological polar surface area (TPSA) is 46.3 Å². The third-order valence-corrected chi connectivity index (χ3v) is 5.03. The van der Waals surface area contributed by atoms with E-state index in [-0.39, 0.29) is 0 Å². The predicted molar refractivity (Wildman–Crippen MR) is 98.9 cm³/mol. The summed E-state index contributed by atoms with van der Waals surface area (Å²) in [6.45, 7) is 0. The van der Waals surface area contributed by atoms with Gasteiger partial charge < -0.3 is 4.90 Å². The molecule has 1 aromatic carbocycles. The van der Waals surface area contributed by atoms with Crippen LogP contribution in [0.15, 0.2) is 48.9 Å². The van der Waals surface area contributed by atoms with Gasteiger partial charge in [0.15, 0.2) is 0 Å². The number of fused-ring (bicyclic) bond motifs is 1. The normalized spacial score (nSPS) is 11.9. The van der Waals surface area contributed by atoms with Crippen molar-refractivity contribution in [3.8, 4) is 21.8 Å². The first-order valence-electron chi connectivity index (χ1n) is 7.98. The van der Waals surface area contributed by atoms with Gasteiger partial charge in [-0.3, -0.25) is 4.98 Å². The first-order chi connectivity index (χ1) is 12.8. The van der Waals surface area contributed by atoms with E-state index in [0.717, 1.165) is 28.5 Å². The highest BCUT2D eigenvalue weighted by molar-refractivity contribution is 7.19. The molecule has 0 saturated carbocycles. The molecule has 0 fully saturated rings. The van der Waals surface area contributed by atoms with Crippen molar-refractivity contribution in [3.63, 3.8) is 0 Å². The van der Waals surface area contributed by atoms with E-state index in [4.69, 9.17) is 0 Å². The second kappa shape index (κ2) is 6.34. The number of anilines is 1. The van der Waals surface area contributed by atoms with E-state index in [1.54, 1.807) is 4.52 Å². The van der Waals surface area contributed by atoms with Gasteiger partial charge in [-0.15, -0.1) is 0 Å². The highest BCUT2D eigenvalue weighted by atomic mass is 32.1. The van der Waals surface area contributed by atoms with E-state index >= 15 is 0 Å². The summed E-state index contributed by atoms with van der Waals surface area (Å²) in [6, 6.07) is 8.93. The SMILES string of the molecule is CN(C)c1cccc(-c2nn3c(-c4cncc(C(F)(F)F)c4)cnc3s2)c1. The monoisotopic (exact) mass is 389 g/mol. The maximum absolute atomic E-state index is 13.0. The lowest BCUT2D eigenvalue weighted by molar-refractivity contribution is -0.137. The van der Waals surface area contributed by atoms with Gasteiger partial charge in [-0.2, -0.15) is 18.3 Å². The summed E-state index contributed by atoms with van der Waals surface area (Å²) in [5.41, 5.74) is 1.93. The maximum Gasteiger partial charge on any atom is 0.417 e. The molecule has 138 valence electrons. The molecule has 0 unspecified atom stereocenters. The van der Waals surface area contributed by atoms with Crippen LogP contribution in [-0.4, -0.2) is 33.7 Å². The zero-order chi connectivity index (χ0) is 19.2. The van der Waals surface area contributed by atoms with Crippen LogP contribution in [0.3, 0.4) is 0 Å². The molecule has 0 aliphatic carbocycles. The Bertz CT molecular complexity index is 1110. The molecule has 0 aliphatic rings. The van der Waals surface area contributed by atoms with Crippen LogP contribution in [0.25, 0.3) is 26.8 Å². The number of nitrogens with zero attached hydrogens (tertiary/aromatic N) is 5. The van der Waals surface area contributed by atoms with Crippen LogP contribution >= 0.6 is 11.3 Å². The van der Waals surface area contributed by atoms with Gasteiger partial charge in [0, 0.05) is 43.3 Å². The average Bonchev–Trinajstić information content (AvgIpc) is 3.22. The molecule has 0 aliphatic heterocycles. The smallest absolute Gasteiger partial charge is 0.378 e. The predicted octanol–water partition coefficient (Wildman–Crippen LogP) is 4.60. The Balaban J connectivity index is 1.79. The summed E-state index contributed by atoms with van der Waals surface area (Å²) in [7, 11) is 3.90. The number of aromatic nitrogens is 4. The largest absolute Gasteiger partial charge is 0.417 e. The number of hydrogen-bond donors (Lipinski definition) is 0. The summed E-state index contributed by atoms with van der Waals surface area (Å²) in [5, 5.41) is 5.30. The third-order valence-electron chi connectivity index (χ3n) is 4.06. The second-order valence-electron chi connectivity index (χ2n) is 6.15. The van der Waals surface area contributed by atoms with Gasteiger partial charge in [-0.05, 0) is 18.2 Å². The third kappa shape index (κ3) is 3.25. The summed E-state index contributed by atoms with van der Waals surface area (Å²) in [4.78, 5) is 10.6. The van der Waals surface area contributed by atoms with E-state index in [1.807, 2.05) is 43.3 Å². The van der Waals surface area contributed by atoms with Crippen LogP contribution in [0.1, 0.15) is 5.56 Å². The molecule has 3 heterocycles. The number of alkyl halides is 3. The number of imidazole rings is 1. The molecule has 0 atom stereocenters. The first-order valence-corrected chi connectivity index (χ1v) is 8.79. The highest BCUT2D eigenvalue weighted by Crippen LogP contribution is 2.33. The van der Waals surface area contributed by atoms with Crippen LogP contribution in [0.4, 0.5) is 18.9 Å². The van der Waals surface area contributed by atoms with Gasteiger partial charge in [0.1, 0.15) is 5.01 Å². The molecule has 0 spiro atoms. The Morgan fingerprint density at radius 1 is 1.04 bits per heavy atom. The number of hydrogen-bond acceptors (Lipinski definition) is 5. The lowest BCUT2D eigenvalue weighted by atomic mass is 10.1. The standard InChI is InChI=1S/C18H14F3N5S/c1-25(2)14-5-3-4-11(7-14)16-24-26-15(10-23-17(26)27-16)12-6-13(9-22-8-12)18(19,20)21/h3-10H,1-2H3. The van der Waals surface area contributed by atoms with Gasteiger partial charge in [-0.25, -0.2) is 9.50 Å². The second-order valence-corrected chi connectivity index (χ2v) is 7.11. The Morgan fingerprint density at radius 2 is 1.85 bits per heavy atom. The van der Waals surface area contributed by atoms with Crippen LogP contribution in [-0.2, 0) is 6.18 Å². The fourth-order valence-electron chi connectivity index (χ4n) is 2.66. The van der Waals surface area contributed by atoms with Crippen molar-refractivity contribution in [2.75, 3.05) is 19.0 Å². The minimum absolute atomic E-state index is 0.316. The van der Waals surface area contributed by atoms with E-state index in [1.165, 1.54) is 23.7 Å². The molecule has 0 N–H and O–H groups in total. The molecular formula is C18H14F3N5S. The number of benzene rings is 1. The van der Waals surface area contributed by atoms with E-state index in [2.05, 4.69) is 15.1 Å². The molecule has 4 aromatic rings.